The van der Waals surface area contributed by atoms with E-state index in [1.54, 1.807) is 18.2 Å². The average molecular weight is 248 g/mol. The van der Waals surface area contributed by atoms with Crippen molar-refractivity contribution in [3.63, 3.8) is 0 Å². The maximum Gasteiger partial charge on any atom is 0.339 e. The molecule has 0 aliphatic carbocycles. The van der Waals surface area contributed by atoms with Crippen molar-refractivity contribution in [3.05, 3.63) is 35.4 Å². The number of rotatable bonds is 1. The van der Waals surface area contributed by atoms with E-state index in [9.17, 15) is 4.79 Å². The molecule has 0 N–H and O–H groups in total. The fourth-order valence-corrected chi connectivity index (χ4v) is 1.32. The molecule has 0 aliphatic rings. The molecule has 0 aromatic heterocycles. The molecule has 90 valence electrons. The number of hydrogen-bond donors (Lipinski definition) is 1. The Balaban J connectivity index is 3.01. The molecule has 2 nitrogen and oxygen atoms in total. The summed E-state index contributed by atoms with van der Waals surface area (Å²) < 4.78 is 5.32. The first-order valence-electron chi connectivity index (χ1n) is 5.36. The zero-order chi connectivity index (χ0) is 12.9. The van der Waals surface area contributed by atoms with Gasteiger partial charge >= 0.3 is 5.97 Å². The first-order valence-corrected chi connectivity index (χ1v) is 5.99. The van der Waals surface area contributed by atoms with Gasteiger partial charge in [-0.2, -0.15) is 12.6 Å². The predicted molar refractivity (Wildman–Crippen MR) is 72.3 cm³/mol. The summed E-state index contributed by atoms with van der Waals surface area (Å²) in [5, 5.41) is 0. The Kier molecular flexibility index (Phi) is 4.65. The summed E-state index contributed by atoms with van der Waals surface area (Å²) >= 11 is 4.02. The zero-order valence-electron chi connectivity index (χ0n) is 10.3. The molecule has 1 aromatic rings. The van der Waals surface area contributed by atoms with Gasteiger partial charge in [0.2, 0.25) is 0 Å². The van der Waals surface area contributed by atoms with Crippen molar-refractivity contribution in [1.29, 1.82) is 0 Å². The van der Waals surface area contributed by atoms with Crippen LogP contribution in [0.5, 0.6) is 0 Å². The molecular weight excluding hydrogens is 232 g/mol. The van der Waals surface area contributed by atoms with Crippen molar-refractivity contribution in [3.8, 4) is 11.8 Å². The van der Waals surface area contributed by atoms with Crippen molar-refractivity contribution in [1.82, 2.24) is 0 Å². The maximum absolute atomic E-state index is 11.9. The van der Waals surface area contributed by atoms with Gasteiger partial charge in [-0.1, -0.05) is 24.0 Å². The zero-order valence-corrected chi connectivity index (χ0v) is 11.2. The first kappa shape index (κ1) is 13.7. The fourth-order valence-electron chi connectivity index (χ4n) is 1.24. The summed E-state index contributed by atoms with van der Waals surface area (Å²) in [4.78, 5) is 11.9. The Morgan fingerprint density at radius 2 is 2.00 bits per heavy atom. The standard InChI is InChI=1S/C14H16O2S/c1-14(2,3)16-13(15)12-9-5-4-7-11(12)8-6-10-17/h4-5,7,9,17H,10H2,1-3H3. The average Bonchev–Trinajstić information content (AvgIpc) is 2.24. The molecule has 0 saturated carbocycles. The number of benzene rings is 1. The number of carbonyl (C=O) groups excluding carboxylic acids is 1. The van der Waals surface area contributed by atoms with Crippen LogP contribution < -0.4 is 0 Å². The molecule has 0 bridgehead atoms. The molecule has 0 atom stereocenters. The van der Waals surface area contributed by atoms with E-state index in [1.165, 1.54) is 0 Å². The van der Waals surface area contributed by atoms with E-state index in [-0.39, 0.29) is 5.97 Å². The van der Waals surface area contributed by atoms with Gasteiger partial charge in [-0.05, 0) is 32.9 Å². The lowest BCUT2D eigenvalue weighted by atomic mass is 10.1. The van der Waals surface area contributed by atoms with Crippen molar-refractivity contribution in [2.45, 2.75) is 26.4 Å². The lowest BCUT2D eigenvalue weighted by Crippen LogP contribution is -2.24. The molecule has 3 heteroatoms. The molecule has 0 amide bonds. The normalized spacial score (nSPS) is 10.4. The van der Waals surface area contributed by atoms with Gasteiger partial charge in [-0.3, -0.25) is 0 Å². The van der Waals surface area contributed by atoms with Crippen molar-refractivity contribution in [2.75, 3.05) is 5.75 Å². The Morgan fingerprint density at radius 3 is 2.59 bits per heavy atom. The third-order valence-electron chi connectivity index (χ3n) is 1.85. The molecule has 0 fully saturated rings. The molecule has 0 unspecified atom stereocenters. The summed E-state index contributed by atoms with van der Waals surface area (Å²) in [6.07, 6.45) is 0. The van der Waals surface area contributed by atoms with E-state index >= 15 is 0 Å². The maximum atomic E-state index is 11.9. The third kappa shape index (κ3) is 4.54. The van der Waals surface area contributed by atoms with E-state index in [2.05, 4.69) is 24.5 Å². The highest BCUT2D eigenvalue weighted by Gasteiger charge is 2.19. The van der Waals surface area contributed by atoms with Crippen LogP contribution in [0.15, 0.2) is 24.3 Å². The Morgan fingerprint density at radius 1 is 1.35 bits per heavy atom. The van der Waals surface area contributed by atoms with Crippen LogP contribution in [-0.2, 0) is 4.74 Å². The predicted octanol–water partition coefficient (Wildman–Crippen LogP) is 2.92. The van der Waals surface area contributed by atoms with E-state index in [0.29, 0.717) is 16.9 Å². The SMILES string of the molecule is CC(C)(C)OC(=O)c1ccccc1C#CCS. The van der Waals surface area contributed by atoms with Gasteiger partial charge in [0.05, 0.1) is 11.3 Å². The highest BCUT2D eigenvalue weighted by molar-refractivity contribution is 7.80. The summed E-state index contributed by atoms with van der Waals surface area (Å²) in [5.41, 5.74) is 0.675. The second kappa shape index (κ2) is 5.79. The Labute approximate surface area is 108 Å². The van der Waals surface area contributed by atoms with Crippen LogP contribution in [0.25, 0.3) is 0 Å². The number of hydrogen-bond acceptors (Lipinski definition) is 3. The molecule has 0 aliphatic heterocycles. The van der Waals surface area contributed by atoms with E-state index in [4.69, 9.17) is 4.74 Å². The smallest absolute Gasteiger partial charge is 0.339 e. The minimum absolute atomic E-state index is 0.346. The minimum atomic E-state index is -0.499. The van der Waals surface area contributed by atoms with Gasteiger partial charge in [0.15, 0.2) is 0 Å². The van der Waals surface area contributed by atoms with E-state index in [1.807, 2.05) is 26.8 Å². The van der Waals surface area contributed by atoms with Crippen LogP contribution in [0.4, 0.5) is 0 Å². The Hall–Kier alpha value is -1.40. The van der Waals surface area contributed by atoms with Crippen LogP contribution in [0.1, 0.15) is 36.7 Å². The summed E-state index contributed by atoms with van der Waals surface area (Å²) in [6, 6.07) is 7.16. The van der Waals surface area contributed by atoms with E-state index < -0.39 is 5.60 Å². The third-order valence-corrected chi connectivity index (χ3v) is 2.01. The topological polar surface area (TPSA) is 26.3 Å². The van der Waals surface area contributed by atoms with Gasteiger partial charge in [0.1, 0.15) is 5.60 Å². The number of thiol groups is 1. The lowest BCUT2D eigenvalue weighted by molar-refractivity contribution is 0.00693. The summed E-state index contributed by atoms with van der Waals surface area (Å²) in [5.74, 6) is 5.85. The lowest BCUT2D eigenvalue weighted by Gasteiger charge is -2.19. The van der Waals surface area contributed by atoms with Gasteiger partial charge in [0.25, 0.3) is 0 Å². The number of carbonyl (C=O) groups is 1. The monoisotopic (exact) mass is 248 g/mol. The fraction of sp³-hybridized carbons (Fsp3) is 0.357. The molecular formula is C14H16O2S. The molecule has 0 spiro atoms. The van der Waals surface area contributed by atoms with Crippen molar-refractivity contribution < 1.29 is 9.53 Å². The second-order valence-electron chi connectivity index (χ2n) is 4.51. The molecule has 0 saturated heterocycles. The first-order chi connectivity index (χ1) is 7.94. The van der Waals surface area contributed by atoms with Crippen LogP contribution >= 0.6 is 12.6 Å². The summed E-state index contributed by atoms with van der Waals surface area (Å²) in [7, 11) is 0. The largest absolute Gasteiger partial charge is 0.456 e. The quantitative estimate of drug-likeness (QED) is 0.470. The second-order valence-corrected chi connectivity index (χ2v) is 4.82. The molecule has 1 rings (SSSR count). The summed E-state index contributed by atoms with van der Waals surface area (Å²) in [6.45, 7) is 5.52. The highest BCUT2D eigenvalue weighted by atomic mass is 32.1. The highest BCUT2D eigenvalue weighted by Crippen LogP contribution is 2.14. The molecule has 0 heterocycles. The van der Waals surface area contributed by atoms with Crippen LogP contribution in [0, 0.1) is 11.8 Å². The number of esters is 1. The van der Waals surface area contributed by atoms with Gasteiger partial charge < -0.3 is 4.74 Å². The van der Waals surface area contributed by atoms with E-state index in [0.717, 1.165) is 0 Å². The van der Waals surface area contributed by atoms with Crippen molar-refractivity contribution in [2.24, 2.45) is 0 Å². The molecule has 17 heavy (non-hydrogen) atoms. The van der Waals surface area contributed by atoms with Gasteiger partial charge in [-0.15, -0.1) is 0 Å². The van der Waals surface area contributed by atoms with Crippen molar-refractivity contribution >= 4 is 18.6 Å². The minimum Gasteiger partial charge on any atom is -0.456 e. The molecule has 0 radical (unpaired) electrons. The van der Waals surface area contributed by atoms with Gasteiger partial charge in [0, 0.05) is 5.56 Å². The van der Waals surface area contributed by atoms with Crippen LogP contribution in [0.3, 0.4) is 0 Å². The van der Waals surface area contributed by atoms with Crippen LogP contribution in [0.2, 0.25) is 0 Å². The molecule has 1 aromatic carbocycles. The number of ether oxygens (including phenoxy) is 1. The van der Waals surface area contributed by atoms with Crippen LogP contribution in [-0.4, -0.2) is 17.3 Å². The Bertz CT molecular complexity index is 461. The van der Waals surface area contributed by atoms with Gasteiger partial charge in [-0.25, -0.2) is 4.79 Å².